The molecule has 0 aliphatic heterocycles. The van der Waals surface area contributed by atoms with Gasteiger partial charge in [0, 0.05) is 12.2 Å². The van der Waals surface area contributed by atoms with E-state index in [-0.39, 0.29) is 0 Å². The molecule has 0 unspecified atom stereocenters. The van der Waals surface area contributed by atoms with E-state index < -0.39 is 0 Å². The smallest absolute Gasteiger partial charge is 0.121 e. The molecule has 0 fully saturated rings. The molecule has 13 heavy (non-hydrogen) atoms. The summed E-state index contributed by atoms with van der Waals surface area (Å²) in [5, 5.41) is 3.21. The van der Waals surface area contributed by atoms with Crippen molar-refractivity contribution < 1.29 is 4.74 Å². The summed E-state index contributed by atoms with van der Waals surface area (Å²) < 4.78 is 5.16. The molecular formula is C11H15NO. The van der Waals surface area contributed by atoms with E-state index in [1.54, 1.807) is 7.11 Å². The summed E-state index contributed by atoms with van der Waals surface area (Å²) in [4.78, 5) is 0. The monoisotopic (exact) mass is 177 g/mol. The first-order chi connectivity index (χ1) is 6.27. The molecule has 0 saturated heterocycles. The van der Waals surface area contributed by atoms with Gasteiger partial charge in [0.1, 0.15) is 5.75 Å². The van der Waals surface area contributed by atoms with Crippen molar-refractivity contribution in [2.75, 3.05) is 19.0 Å². The lowest BCUT2D eigenvalue weighted by Gasteiger charge is -2.07. The van der Waals surface area contributed by atoms with Crippen molar-refractivity contribution in [2.24, 2.45) is 0 Å². The normalized spacial score (nSPS) is 9.38. The zero-order chi connectivity index (χ0) is 9.68. The molecule has 0 aliphatic rings. The fourth-order valence-electron chi connectivity index (χ4n) is 1.18. The Morgan fingerprint density at radius 1 is 1.54 bits per heavy atom. The van der Waals surface area contributed by atoms with Gasteiger partial charge in [0.2, 0.25) is 0 Å². The van der Waals surface area contributed by atoms with Gasteiger partial charge in [-0.1, -0.05) is 6.08 Å². The zero-order valence-electron chi connectivity index (χ0n) is 8.13. The predicted molar refractivity (Wildman–Crippen MR) is 56.4 cm³/mol. The Hall–Kier alpha value is -1.44. The third-order valence-electron chi connectivity index (χ3n) is 1.85. The molecular weight excluding hydrogens is 162 g/mol. The van der Waals surface area contributed by atoms with Crippen LogP contribution in [0.1, 0.15) is 5.56 Å². The largest absolute Gasteiger partial charge is 0.496 e. The third-order valence-corrected chi connectivity index (χ3v) is 1.85. The van der Waals surface area contributed by atoms with Crippen LogP contribution < -0.4 is 10.1 Å². The van der Waals surface area contributed by atoms with E-state index >= 15 is 0 Å². The Bertz CT molecular complexity index is 294. The van der Waals surface area contributed by atoms with Gasteiger partial charge >= 0.3 is 0 Å². The molecule has 0 bridgehead atoms. The van der Waals surface area contributed by atoms with Crippen LogP contribution in [0.5, 0.6) is 5.75 Å². The molecule has 1 rings (SSSR count). The number of hydrogen-bond donors (Lipinski definition) is 1. The second-order valence-electron chi connectivity index (χ2n) is 2.85. The lowest BCUT2D eigenvalue weighted by atomic mass is 10.2. The second kappa shape index (κ2) is 4.55. The Balaban J connectivity index is 2.76. The van der Waals surface area contributed by atoms with Crippen LogP contribution in [0.15, 0.2) is 30.9 Å². The molecule has 70 valence electrons. The summed E-state index contributed by atoms with van der Waals surface area (Å²) in [5.74, 6) is 0.921. The fraction of sp³-hybridized carbons (Fsp3) is 0.273. The Morgan fingerprint density at radius 2 is 2.31 bits per heavy atom. The molecule has 0 heterocycles. The van der Waals surface area contributed by atoms with Crippen molar-refractivity contribution in [3.63, 3.8) is 0 Å². The molecule has 0 aromatic heterocycles. The van der Waals surface area contributed by atoms with Gasteiger partial charge in [-0.15, -0.1) is 6.58 Å². The van der Waals surface area contributed by atoms with Crippen molar-refractivity contribution >= 4 is 5.69 Å². The highest BCUT2D eigenvalue weighted by Gasteiger charge is 1.97. The lowest BCUT2D eigenvalue weighted by molar-refractivity contribution is 0.412. The molecule has 0 aliphatic carbocycles. The van der Waals surface area contributed by atoms with E-state index in [4.69, 9.17) is 4.74 Å². The standard InChI is InChI=1S/C11H15NO/c1-4-7-12-10-5-6-11(13-3)9(2)8-10/h4-6,8,12H,1,7H2,2-3H3. The van der Waals surface area contributed by atoms with Crippen molar-refractivity contribution in [3.05, 3.63) is 36.4 Å². The summed E-state index contributed by atoms with van der Waals surface area (Å²) in [5.41, 5.74) is 2.23. The maximum Gasteiger partial charge on any atom is 0.121 e. The minimum atomic E-state index is 0.784. The van der Waals surface area contributed by atoms with Crippen LogP contribution in [0, 0.1) is 6.92 Å². The van der Waals surface area contributed by atoms with E-state index in [0.717, 1.165) is 23.5 Å². The van der Waals surface area contributed by atoms with Gasteiger partial charge in [-0.2, -0.15) is 0 Å². The molecule has 1 aromatic rings. The minimum Gasteiger partial charge on any atom is -0.496 e. The van der Waals surface area contributed by atoms with Crippen molar-refractivity contribution in [2.45, 2.75) is 6.92 Å². The van der Waals surface area contributed by atoms with Crippen molar-refractivity contribution in [3.8, 4) is 5.75 Å². The lowest BCUT2D eigenvalue weighted by Crippen LogP contribution is -1.98. The third kappa shape index (κ3) is 2.51. The molecule has 1 N–H and O–H groups in total. The van der Waals surface area contributed by atoms with Gasteiger partial charge < -0.3 is 10.1 Å². The number of ether oxygens (including phenoxy) is 1. The van der Waals surface area contributed by atoms with Crippen molar-refractivity contribution in [1.29, 1.82) is 0 Å². The van der Waals surface area contributed by atoms with E-state index in [2.05, 4.69) is 18.0 Å². The average molecular weight is 177 g/mol. The van der Waals surface area contributed by atoms with Gasteiger partial charge in [0.05, 0.1) is 7.11 Å². The molecule has 0 radical (unpaired) electrons. The number of anilines is 1. The Labute approximate surface area is 79.2 Å². The van der Waals surface area contributed by atoms with E-state index in [0.29, 0.717) is 0 Å². The maximum absolute atomic E-state index is 5.16. The summed E-state index contributed by atoms with van der Waals surface area (Å²) in [6.07, 6.45) is 1.83. The van der Waals surface area contributed by atoms with Gasteiger partial charge in [0.25, 0.3) is 0 Å². The molecule has 0 atom stereocenters. The highest BCUT2D eigenvalue weighted by molar-refractivity contribution is 5.50. The van der Waals surface area contributed by atoms with Crippen LogP contribution in [0.4, 0.5) is 5.69 Å². The van der Waals surface area contributed by atoms with E-state index in [9.17, 15) is 0 Å². The number of rotatable bonds is 4. The van der Waals surface area contributed by atoms with Gasteiger partial charge in [0.15, 0.2) is 0 Å². The first kappa shape index (κ1) is 9.65. The topological polar surface area (TPSA) is 21.3 Å². The highest BCUT2D eigenvalue weighted by atomic mass is 16.5. The fourth-order valence-corrected chi connectivity index (χ4v) is 1.18. The van der Waals surface area contributed by atoms with Crippen LogP contribution in [0.2, 0.25) is 0 Å². The molecule has 2 nitrogen and oxygen atoms in total. The molecule has 0 saturated carbocycles. The Morgan fingerprint density at radius 3 is 2.85 bits per heavy atom. The van der Waals surface area contributed by atoms with Crippen LogP contribution >= 0.6 is 0 Å². The molecule has 1 aromatic carbocycles. The summed E-state index contributed by atoms with van der Waals surface area (Å²) in [6, 6.07) is 6.01. The van der Waals surface area contributed by atoms with E-state index in [1.807, 2.05) is 25.1 Å². The molecule has 0 amide bonds. The zero-order valence-corrected chi connectivity index (χ0v) is 8.13. The predicted octanol–water partition coefficient (Wildman–Crippen LogP) is 2.60. The number of methoxy groups -OCH3 is 1. The highest BCUT2D eigenvalue weighted by Crippen LogP contribution is 2.20. The van der Waals surface area contributed by atoms with Crippen molar-refractivity contribution in [1.82, 2.24) is 0 Å². The van der Waals surface area contributed by atoms with Crippen LogP contribution in [-0.2, 0) is 0 Å². The van der Waals surface area contributed by atoms with Gasteiger partial charge in [-0.3, -0.25) is 0 Å². The van der Waals surface area contributed by atoms with Crippen LogP contribution in [0.25, 0.3) is 0 Å². The van der Waals surface area contributed by atoms with Crippen LogP contribution in [-0.4, -0.2) is 13.7 Å². The first-order valence-corrected chi connectivity index (χ1v) is 4.27. The summed E-state index contributed by atoms with van der Waals surface area (Å²) in [6.45, 7) is 6.45. The second-order valence-corrected chi connectivity index (χ2v) is 2.85. The minimum absolute atomic E-state index is 0.784. The first-order valence-electron chi connectivity index (χ1n) is 4.27. The number of nitrogens with one attached hydrogen (secondary N) is 1. The average Bonchev–Trinajstić information content (AvgIpc) is 2.15. The summed E-state index contributed by atoms with van der Waals surface area (Å²) in [7, 11) is 1.68. The van der Waals surface area contributed by atoms with Crippen LogP contribution in [0.3, 0.4) is 0 Å². The number of benzene rings is 1. The molecule has 2 heteroatoms. The molecule has 0 spiro atoms. The summed E-state index contributed by atoms with van der Waals surface area (Å²) >= 11 is 0. The SMILES string of the molecule is C=CCNc1ccc(OC)c(C)c1. The van der Waals surface area contributed by atoms with Gasteiger partial charge in [-0.05, 0) is 30.7 Å². The maximum atomic E-state index is 5.16. The number of hydrogen-bond acceptors (Lipinski definition) is 2. The Kier molecular flexibility index (Phi) is 3.38. The van der Waals surface area contributed by atoms with E-state index in [1.165, 1.54) is 0 Å². The quantitative estimate of drug-likeness (QED) is 0.714. The number of aryl methyl sites for hydroxylation is 1. The van der Waals surface area contributed by atoms with Gasteiger partial charge in [-0.25, -0.2) is 0 Å².